The average molecular weight is 457 g/mol. The van der Waals surface area contributed by atoms with Crippen molar-refractivity contribution < 1.29 is 22.5 Å². The molecule has 1 saturated carbocycles. The van der Waals surface area contributed by atoms with Gasteiger partial charge in [0.2, 0.25) is 10.0 Å². The van der Waals surface area contributed by atoms with Crippen LogP contribution in [-0.2, 0) is 14.8 Å². The zero-order valence-corrected chi connectivity index (χ0v) is 18.3. The van der Waals surface area contributed by atoms with Gasteiger partial charge in [-0.3, -0.25) is 4.79 Å². The van der Waals surface area contributed by atoms with Gasteiger partial charge in [-0.15, -0.1) is 0 Å². The monoisotopic (exact) mass is 456 g/mol. The molecule has 1 aromatic carbocycles. The molecular weight excluding hydrogens is 432 g/mol. The number of morpholine rings is 1. The van der Waals surface area contributed by atoms with Crippen LogP contribution in [0.2, 0.25) is 0 Å². The van der Waals surface area contributed by atoms with Gasteiger partial charge in [-0.05, 0) is 18.9 Å². The van der Waals surface area contributed by atoms with Crippen LogP contribution in [0, 0.1) is 0 Å². The quantitative estimate of drug-likeness (QED) is 0.579. The van der Waals surface area contributed by atoms with E-state index in [1.54, 1.807) is 6.07 Å². The van der Waals surface area contributed by atoms with E-state index in [0.29, 0.717) is 54.6 Å². The minimum atomic E-state index is -3.46. The van der Waals surface area contributed by atoms with Gasteiger partial charge in [-0.25, -0.2) is 13.4 Å². The van der Waals surface area contributed by atoms with Crippen molar-refractivity contribution in [2.24, 2.45) is 0 Å². The summed E-state index contributed by atoms with van der Waals surface area (Å²) >= 11 is 0. The van der Waals surface area contributed by atoms with Crippen molar-refractivity contribution in [2.75, 3.05) is 38.6 Å². The van der Waals surface area contributed by atoms with Gasteiger partial charge in [0.05, 0.1) is 29.9 Å². The average Bonchev–Trinajstić information content (AvgIpc) is 3.58. The van der Waals surface area contributed by atoms with Gasteiger partial charge in [0.25, 0.3) is 11.6 Å². The van der Waals surface area contributed by atoms with Crippen LogP contribution in [0.1, 0.15) is 34.8 Å². The molecule has 1 N–H and O–H groups in total. The van der Waals surface area contributed by atoms with Gasteiger partial charge in [0.1, 0.15) is 5.69 Å². The highest BCUT2D eigenvalue weighted by Crippen LogP contribution is 2.41. The van der Waals surface area contributed by atoms with E-state index in [-0.39, 0.29) is 18.2 Å². The number of sulfonamides is 1. The molecule has 3 heterocycles. The first kappa shape index (κ1) is 21.0. The standard InChI is InChI=1S/C22H24N4O5S/c27-21(23-8-13-32(28,29)26-9-11-30-12-10-26)17-14-18(15-6-7-15)24-22-19(17)20(25-31-22)16-4-2-1-3-5-16/h1-5,14-15H,6-13H2,(H,23,27). The Morgan fingerprint density at radius 1 is 1.16 bits per heavy atom. The Hall–Kier alpha value is -2.82. The van der Waals surface area contributed by atoms with Crippen LogP contribution in [0.25, 0.3) is 22.4 Å². The summed E-state index contributed by atoms with van der Waals surface area (Å²) in [6.45, 7) is 1.47. The summed E-state index contributed by atoms with van der Waals surface area (Å²) in [5, 5.41) is 7.48. The largest absolute Gasteiger partial charge is 0.379 e. The predicted molar refractivity (Wildman–Crippen MR) is 118 cm³/mol. The van der Waals surface area contributed by atoms with Crippen LogP contribution in [0.5, 0.6) is 0 Å². The van der Waals surface area contributed by atoms with Gasteiger partial charge in [-0.1, -0.05) is 35.5 Å². The third kappa shape index (κ3) is 4.25. The zero-order valence-electron chi connectivity index (χ0n) is 17.5. The van der Waals surface area contributed by atoms with Crippen LogP contribution in [0.15, 0.2) is 40.9 Å². The van der Waals surface area contributed by atoms with Crippen molar-refractivity contribution in [3.63, 3.8) is 0 Å². The molecule has 3 aromatic rings. The Balaban J connectivity index is 1.40. The van der Waals surface area contributed by atoms with E-state index >= 15 is 0 Å². The summed E-state index contributed by atoms with van der Waals surface area (Å²) in [5.41, 5.74) is 2.89. The summed E-state index contributed by atoms with van der Waals surface area (Å²) in [6.07, 6.45) is 2.05. The van der Waals surface area contributed by atoms with Crippen LogP contribution >= 0.6 is 0 Å². The molecule has 2 aromatic heterocycles. The van der Waals surface area contributed by atoms with E-state index in [4.69, 9.17) is 9.26 Å². The summed E-state index contributed by atoms with van der Waals surface area (Å²) in [6, 6.07) is 11.2. The molecule has 0 bridgehead atoms. The maximum atomic E-state index is 13.2. The summed E-state index contributed by atoms with van der Waals surface area (Å²) < 4.78 is 37.2. The fourth-order valence-corrected chi connectivity index (χ4v) is 5.20. The fraction of sp³-hybridized carbons (Fsp3) is 0.409. The van der Waals surface area contributed by atoms with Gasteiger partial charge in [0, 0.05) is 36.8 Å². The molecule has 1 aliphatic heterocycles. The second-order valence-corrected chi connectivity index (χ2v) is 10.1. The predicted octanol–water partition coefficient (Wildman–Crippen LogP) is 2.16. The number of fused-ring (bicyclic) bond motifs is 1. The van der Waals surface area contributed by atoms with Crippen molar-refractivity contribution in [1.82, 2.24) is 19.8 Å². The molecule has 10 heteroatoms. The molecule has 9 nitrogen and oxygen atoms in total. The molecule has 1 amide bonds. The number of hydrogen-bond donors (Lipinski definition) is 1. The van der Waals surface area contributed by atoms with Crippen molar-refractivity contribution >= 4 is 27.0 Å². The number of benzene rings is 1. The highest BCUT2D eigenvalue weighted by atomic mass is 32.2. The molecular formula is C22H24N4O5S. The first-order valence-electron chi connectivity index (χ1n) is 10.7. The number of hydrogen-bond acceptors (Lipinski definition) is 7. The normalized spacial score (nSPS) is 17.5. The van der Waals surface area contributed by atoms with E-state index in [0.717, 1.165) is 24.1 Å². The number of rotatable bonds is 7. The molecule has 32 heavy (non-hydrogen) atoms. The Morgan fingerprint density at radius 2 is 1.91 bits per heavy atom. The van der Waals surface area contributed by atoms with Crippen molar-refractivity contribution in [3.05, 3.63) is 47.7 Å². The van der Waals surface area contributed by atoms with Crippen molar-refractivity contribution in [1.29, 1.82) is 0 Å². The minimum Gasteiger partial charge on any atom is -0.379 e. The minimum absolute atomic E-state index is 0.00700. The van der Waals surface area contributed by atoms with E-state index < -0.39 is 10.0 Å². The molecule has 0 radical (unpaired) electrons. The molecule has 2 aliphatic rings. The van der Waals surface area contributed by atoms with Crippen LogP contribution < -0.4 is 5.32 Å². The van der Waals surface area contributed by atoms with Gasteiger partial charge >= 0.3 is 0 Å². The lowest BCUT2D eigenvalue weighted by Crippen LogP contribution is -2.43. The van der Waals surface area contributed by atoms with Gasteiger partial charge in [0.15, 0.2) is 0 Å². The summed E-state index contributed by atoms with van der Waals surface area (Å²) in [7, 11) is -3.46. The topological polar surface area (TPSA) is 115 Å². The Bertz CT molecular complexity index is 1230. The van der Waals surface area contributed by atoms with Gasteiger partial charge in [-0.2, -0.15) is 4.31 Å². The Labute approximate surface area is 185 Å². The SMILES string of the molecule is O=C(NCCS(=O)(=O)N1CCOCC1)c1cc(C2CC2)nc2onc(-c3ccccc3)c12. The van der Waals surface area contributed by atoms with Crippen molar-refractivity contribution in [3.8, 4) is 11.3 Å². The fourth-order valence-electron chi connectivity index (χ4n) is 3.87. The first-order chi connectivity index (χ1) is 15.5. The maximum Gasteiger partial charge on any atom is 0.259 e. The lowest BCUT2D eigenvalue weighted by molar-refractivity contribution is 0.0730. The number of ether oxygens (including phenoxy) is 1. The second-order valence-electron chi connectivity index (χ2n) is 8.03. The molecule has 0 spiro atoms. The number of aromatic nitrogens is 2. The van der Waals surface area contributed by atoms with Gasteiger partial charge < -0.3 is 14.6 Å². The number of pyridine rings is 1. The molecule has 168 valence electrons. The molecule has 1 saturated heterocycles. The number of carbonyl (C=O) groups excluding carboxylic acids is 1. The number of carbonyl (C=O) groups is 1. The maximum absolute atomic E-state index is 13.2. The smallest absolute Gasteiger partial charge is 0.259 e. The zero-order chi connectivity index (χ0) is 22.1. The Morgan fingerprint density at radius 3 is 2.62 bits per heavy atom. The summed E-state index contributed by atoms with van der Waals surface area (Å²) in [5.74, 6) is -0.216. The molecule has 5 rings (SSSR count). The molecule has 0 atom stereocenters. The summed E-state index contributed by atoms with van der Waals surface area (Å²) in [4.78, 5) is 17.7. The van der Waals surface area contributed by atoms with E-state index in [1.807, 2.05) is 30.3 Å². The molecule has 1 aliphatic carbocycles. The van der Waals surface area contributed by atoms with Crippen LogP contribution in [0.4, 0.5) is 0 Å². The van der Waals surface area contributed by atoms with Crippen LogP contribution in [-0.4, -0.2) is 67.4 Å². The lowest BCUT2D eigenvalue weighted by Gasteiger charge is -2.26. The molecule has 0 unspecified atom stereocenters. The highest BCUT2D eigenvalue weighted by molar-refractivity contribution is 7.89. The van der Waals surface area contributed by atoms with E-state index in [9.17, 15) is 13.2 Å². The highest BCUT2D eigenvalue weighted by Gasteiger charge is 2.30. The van der Waals surface area contributed by atoms with E-state index in [2.05, 4.69) is 15.5 Å². The third-order valence-electron chi connectivity index (χ3n) is 5.76. The number of amides is 1. The van der Waals surface area contributed by atoms with E-state index in [1.165, 1.54) is 4.31 Å². The number of nitrogens with zero attached hydrogens (tertiary/aromatic N) is 3. The lowest BCUT2D eigenvalue weighted by atomic mass is 10.0. The first-order valence-corrected chi connectivity index (χ1v) is 12.3. The van der Waals surface area contributed by atoms with Crippen molar-refractivity contribution in [2.45, 2.75) is 18.8 Å². The molecule has 2 fully saturated rings. The van der Waals surface area contributed by atoms with Crippen LogP contribution in [0.3, 0.4) is 0 Å². The number of nitrogens with one attached hydrogen (secondary N) is 1. The second kappa shape index (κ2) is 8.61. The third-order valence-corrected chi connectivity index (χ3v) is 7.63. The Kier molecular flexibility index (Phi) is 5.66.